The summed E-state index contributed by atoms with van der Waals surface area (Å²) in [6, 6.07) is 5.74. The van der Waals surface area contributed by atoms with Crippen molar-refractivity contribution in [1.82, 2.24) is 5.09 Å². The van der Waals surface area contributed by atoms with Crippen molar-refractivity contribution >= 4 is 20.9 Å². The van der Waals surface area contributed by atoms with Gasteiger partial charge in [0, 0.05) is 25.8 Å². The fraction of sp³-hybridized carbons (Fsp3) is 0.682. The average molecular weight is 445 g/mol. The first-order chi connectivity index (χ1) is 14.4. The van der Waals surface area contributed by atoms with Crippen LogP contribution in [-0.4, -0.2) is 31.5 Å². The van der Waals surface area contributed by atoms with Gasteiger partial charge in [-0.15, -0.1) is 0 Å². The highest BCUT2D eigenvalue weighted by molar-refractivity contribution is 7.30. The molecular weight excluding hydrogens is 403 g/mol. The number of nitro groups is 1. The number of non-ortho nitro benzene ring substituents is 1. The third kappa shape index (κ3) is 17.3. The lowest BCUT2D eigenvalue weighted by Gasteiger charge is -2.08. The predicted molar refractivity (Wildman–Crippen MR) is 126 cm³/mol. The number of rotatable bonds is 13. The van der Waals surface area contributed by atoms with Crippen LogP contribution in [0.1, 0.15) is 66.7 Å². The number of nitro benzene ring substituents is 1. The molecule has 1 rings (SSSR count). The molecule has 1 unspecified atom stereocenters. The zero-order valence-electron chi connectivity index (χ0n) is 19.5. The molecule has 0 bridgehead atoms. The number of hydrogen-bond acceptors (Lipinski definition) is 6. The van der Waals surface area contributed by atoms with E-state index in [1.807, 2.05) is 0 Å². The van der Waals surface area contributed by atoms with Crippen LogP contribution in [0.2, 0.25) is 0 Å². The summed E-state index contributed by atoms with van der Waals surface area (Å²) < 4.78 is 10.2. The quantitative estimate of drug-likeness (QED) is 0.129. The van der Waals surface area contributed by atoms with Gasteiger partial charge in [0.05, 0.1) is 11.5 Å². The van der Waals surface area contributed by atoms with Crippen molar-refractivity contribution in [3.05, 3.63) is 34.4 Å². The molecule has 0 amide bonds. The Morgan fingerprint density at radius 2 is 1.50 bits per heavy atom. The summed E-state index contributed by atoms with van der Waals surface area (Å²) in [4.78, 5) is 19.8. The number of hydrogen-bond donors (Lipinski definition) is 1. The van der Waals surface area contributed by atoms with Gasteiger partial charge < -0.3 is 14.1 Å². The van der Waals surface area contributed by atoms with Crippen LogP contribution >= 0.6 is 8.96 Å². The SMILES string of the molecule is CCC(CC)CC.CCC(CC)COC.O=CCNPOc1ccc([N+](=O)[O-])cc1. The van der Waals surface area contributed by atoms with E-state index in [2.05, 4.69) is 39.7 Å². The van der Waals surface area contributed by atoms with Gasteiger partial charge in [-0.25, -0.2) is 0 Å². The third-order valence-electron chi connectivity index (χ3n) is 4.76. The highest BCUT2D eigenvalue weighted by Gasteiger charge is 2.03. The van der Waals surface area contributed by atoms with E-state index >= 15 is 0 Å². The molecule has 1 aromatic rings. The van der Waals surface area contributed by atoms with Crippen LogP contribution in [0.25, 0.3) is 0 Å². The monoisotopic (exact) mass is 444 g/mol. The fourth-order valence-corrected chi connectivity index (χ4v) is 2.93. The lowest BCUT2D eigenvalue weighted by atomic mass is 10.0. The molecule has 1 aromatic carbocycles. The summed E-state index contributed by atoms with van der Waals surface area (Å²) in [5.41, 5.74) is 0.0199. The van der Waals surface area contributed by atoms with Gasteiger partial charge in [0.2, 0.25) is 0 Å². The van der Waals surface area contributed by atoms with E-state index in [1.165, 1.54) is 56.4 Å². The van der Waals surface area contributed by atoms with Gasteiger partial charge in [0.1, 0.15) is 21.0 Å². The zero-order chi connectivity index (χ0) is 23.2. The van der Waals surface area contributed by atoms with Crippen LogP contribution in [0, 0.1) is 22.0 Å². The number of ether oxygens (including phenoxy) is 1. The minimum absolute atomic E-state index is 0.0199. The molecule has 0 saturated carbocycles. The highest BCUT2D eigenvalue weighted by atomic mass is 31.1. The molecule has 0 fully saturated rings. The summed E-state index contributed by atoms with van der Waals surface area (Å²) >= 11 is 0. The average Bonchev–Trinajstić information content (AvgIpc) is 2.77. The maximum absolute atomic E-state index is 10.3. The second-order valence-electron chi connectivity index (χ2n) is 6.73. The van der Waals surface area contributed by atoms with Crippen molar-refractivity contribution in [2.24, 2.45) is 11.8 Å². The van der Waals surface area contributed by atoms with Gasteiger partial charge in [-0.1, -0.05) is 66.7 Å². The Kier molecular flexibility index (Phi) is 22.6. The highest BCUT2D eigenvalue weighted by Crippen LogP contribution is 2.21. The standard InChI is InChI=1S/C8H9N2O4P.C7H16O.C7H16/c11-6-5-9-15-14-8-3-1-7(2-4-8)10(12)13;1-4-7(5-2)6-8-3;1-4-7(5-2)6-3/h1-4,6,9,15H,5H2;7H,4-6H2,1-3H3;7H,4-6H2,1-3H3. The molecule has 0 saturated heterocycles. The summed E-state index contributed by atoms with van der Waals surface area (Å²) in [5, 5.41) is 13.1. The number of nitrogens with one attached hydrogen (secondary N) is 1. The van der Waals surface area contributed by atoms with Crippen LogP contribution in [0.5, 0.6) is 5.75 Å². The Labute approximate surface area is 184 Å². The van der Waals surface area contributed by atoms with Crippen molar-refractivity contribution in [2.75, 3.05) is 20.3 Å². The molecular formula is C22H41N2O5P. The minimum atomic E-state index is -0.475. The smallest absolute Gasteiger partial charge is 0.269 e. The summed E-state index contributed by atoms with van der Waals surface area (Å²) in [6.45, 7) is 12.3. The molecule has 174 valence electrons. The van der Waals surface area contributed by atoms with Gasteiger partial charge in [-0.2, -0.15) is 0 Å². The molecule has 1 N–H and O–H groups in total. The molecule has 0 aromatic heterocycles. The van der Waals surface area contributed by atoms with Crippen molar-refractivity contribution in [1.29, 1.82) is 0 Å². The number of carbonyl (C=O) groups is 1. The first kappa shape index (κ1) is 30.6. The van der Waals surface area contributed by atoms with Crippen LogP contribution in [0.3, 0.4) is 0 Å². The normalized spacial score (nSPS) is 10.4. The molecule has 8 heteroatoms. The molecule has 0 heterocycles. The summed E-state index contributed by atoms with van der Waals surface area (Å²) in [5.74, 6) is 2.29. The van der Waals surface area contributed by atoms with Crippen molar-refractivity contribution < 1.29 is 19.0 Å². The van der Waals surface area contributed by atoms with Gasteiger partial charge in [0.15, 0.2) is 0 Å². The maximum Gasteiger partial charge on any atom is 0.269 e. The van der Waals surface area contributed by atoms with E-state index in [9.17, 15) is 14.9 Å². The second-order valence-corrected chi connectivity index (χ2v) is 7.49. The van der Waals surface area contributed by atoms with Gasteiger partial charge >= 0.3 is 0 Å². The van der Waals surface area contributed by atoms with Crippen LogP contribution in [-0.2, 0) is 9.53 Å². The Balaban J connectivity index is 0. The zero-order valence-corrected chi connectivity index (χ0v) is 20.5. The molecule has 0 spiro atoms. The fourth-order valence-electron chi connectivity index (χ4n) is 2.44. The van der Waals surface area contributed by atoms with Gasteiger partial charge in [-0.05, 0) is 24.0 Å². The van der Waals surface area contributed by atoms with Crippen molar-refractivity contribution in [3.8, 4) is 5.75 Å². The Hall–Kier alpha value is -1.56. The molecule has 0 aliphatic heterocycles. The summed E-state index contributed by atoms with van der Waals surface area (Å²) in [7, 11) is 1.72. The predicted octanol–water partition coefficient (Wildman–Crippen LogP) is 6.17. The van der Waals surface area contributed by atoms with E-state index < -0.39 is 4.92 Å². The number of carbonyl (C=O) groups excluding carboxylic acids is 1. The minimum Gasteiger partial charge on any atom is -0.461 e. The molecule has 7 nitrogen and oxygen atoms in total. The number of aldehydes is 1. The molecule has 0 aliphatic carbocycles. The van der Waals surface area contributed by atoms with Crippen LogP contribution < -0.4 is 9.61 Å². The Morgan fingerprint density at radius 1 is 1.00 bits per heavy atom. The molecule has 0 radical (unpaired) electrons. The topological polar surface area (TPSA) is 90.7 Å². The third-order valence-corrected chi connectivity index (χ3v) is 5.45. The number of benzene rings is 1. The van der Waals surface area contributed by atoms with Gasteiger partial charge in [-0.3, -0.25) is 15.2 Å². The van der Waals surface area contributed by atoms with E-state index in [0.717, 1.165) is 24.7 Å². The van der Waals surface area contributed by atoms with E-state index in [-0.39, 0.29) is 21.2 Å². The largest absolute Gasteiger partial charge is 0.461 e. The van der Waals surface area contributed by atoms with E-state index in [0.29, 0.717) is 5.75 Å². The molecule has 0 aliphatic rings. The lowest BCUT2D eigenvalue weighted by molar-refractivity contribution is -0.384. The Bertz CT molecular complexity index is 515. The Morgan fingerprint density at radius 3 is 1.80 bits per heavy atom. The van der Waals surface area contributed by atoms with Crippen LogP contribution in [0.4, 0.5) is 5.69 Å². The van der Waals surface area contributed by atoms with Crippen LogP contribution in [0.15, 0.2) is 24.3 Å². The molecule has 1 atom stereocenters. The van der Waals surface area contributed by atoms with E-state index in [1.54, 1.807) is 7.11 Å². The lowest BCUT2D eigenvalue weighted by Crippen LogP contribution is -2.05. The number of nitrogens with zero attached hydrogens (tertiary/aromatic N) is 1. The second kappa shape index (κ2) is 22.1. The summed E-state index contributed by atoms with van der Waals surface area (Å²) in [6.07, 6.45) is 7.27. The maximum atomic E-state index is 10.3. The first-order valence-electron chi connectivity index (χ1n) is 10.7. The van der Waals surface area contributed by atoms with E-state index in [4.69, 9.17) is 9.26 Å². The van der Waals surface area contributed by atoms with Crippen molar-refractivity contribution in [3.63, 3.8) is 0 Å². The first-order valence-corrected chi connectivity index (χ1v) is 11.7. The van der Waals surface area contributed by atoms with Crippen molar-refractivity contribution in [2.45, 2.75) is 66.7 Å². The molecule has 30 heavy (non-hydrogen) atoms. The van der Waals surface area contributed by atoms with Gasteiger partial charge in [0.25, 0.3) is 5.69 Å². The number of methoxy groups -OCH3 is 1.